The zero-order chi connectivity index (χ0) is 15.8. The molecule has 1 unspecified atom stereocenters. The van der Waals surface area contributed by atoms with Crippen LogP contribution < -0.4 is 4.90 Å². The number of esters is 1. The van der Waals surface area contributed by atoms with Gasteiger partial charge in [-0.05, 0) is 32.2 Å². The third kappa shape index (κ3) is 3.41. The molecule has 114 valence electrons. The standard InChI is InChI=1S/C14H17NO5S/c1-14(2,3)20-13(19)9-4-5-21-11(9)15-7-8(12(17)18)6-10(15)16/h4-5,8H,6-7H2,1-3H3,(H,17,18). The second-order valence-electron chi connectivity index (χ2n) is 5.88. The van der Waals surface area contributed by atoms with Crippen molar-refractivity contribution in [3.05, 3.63) is 17.0 Å². The summed E-state index contributed by atoms with van der Waals surface area (Å²) in [6.45, 7) is 5.37. The van der Waals surface area contributed by atoms with E-state index in [4.69, 9.17) is 9.84 Å². The van der Waals surface area contributed by atoms with Crippen LogP contribution in [0.4, 0.5) is 5.00 Å². The number of aliphatic carboxylic acids is 1. The van der Waals surface area contributed by atoms with Crippen molar-refractivity contribution in [3.63, 3.8) is 0 Å². The largest absolute Gasteiger partial charge is 0.481 e. The van der Waals surface area contributed by atoms with E-state index in [2.05, 4.69) is 0 Å². The van der Waals surface area contributed by atoms with Crippen LogP contribution in [0.25, 0.3) is 0 Å². The average molecular weight is 311 g/mol. The summed E-state index contributed by atoms with van der Waals surface area (Å²) in [7, 11) is 0. The van der Waals surface area contributed by atoms with E-state index in [0.717, 1.165) is 0 Å². The fourth-order valence-electron chi connectivity index (χ4n) is 2.07. The molecule has 0 radical (unpaired) electrons. The molecule has 0 aliphatic carbocycles. The van der Waals surface area contributed by atoms with Crippen LogP contribution in [0.3, 0.4) is 0 Å². The third-order valence-corrected chi connectivity index (χ3v) is 3.92. The van der Waals surface area contributed by atoms with Gasteiger partial charge < -0.3 is 14.7 Å². The highest BCUT2D eigenvalue weighted by atomic mass is 32.1. The summed E-state index contributed by atoms with van der Waals surface area (Å²) in [5, 5.41) is 11.2. The molecule has 1 atom stereocenters. The van der Waals surface area contributed by atoms with E-state index < -0.39 is 23.5 Å². The van der Waals surface area contributed by atoms with E-state index in [9.17, 15) is 14.4 Å². The average Bonchev–Trinajstić information content (AvgIpc) is 2.92. The molecule has 0 saturated carbocycles. The lowest BCUT2D eigenvalue weighted by atomic mass is 10.1. The lowest BCUT2D eigenvalue weighted by Crippen LogP contribution is -2.28. The normalized spacial score (nSPS) is 18.9. The van der Waals surface area contributed by atoms with Gasteiger partial charge in [-0.1, -0.05) is 0 Å². The number of ether oxygens (including phenoxy) is 1. The quantitative estimate of drug-likeness (QED) is 0.865. The molecule has 1 aromatic heterocycles. The Kier molecular flexibility index (Phi) is 4.04. The van der Waals surface area contributed by atoms with E-state index in [-0.39, 0.29) is 18.9 Å². The van der Waals surface area contributed by atoms with Gasteiger partial charge in [-0.2, -0.15) is 0 Å². The molecule has 1 saturated heterocycles. The maximum absolute atomic E-state index is 12.2. The van der Waals surface area contributed by atoms with Gasteiger partial charge in [-0.15, -0.1) is 11.3 Å². The third-order valence-electron chi connectivity index (χ3n) is 2.98. The Hall–Kier alpha value is -1.89. The zero-order valence-electron chi connectivity index (χ0n) is 12.1. The maximum atomic E-state index is 12.2. The number of nitrogens with zero attached hydrogens (tertiary/aromatic N) is 1. The summed E-state index contributed by atoms with van der Waals surface area (Å²) in [5.74, 6) is -2.52. The van der Waals surface area contributed by atoms with Crippen LogP contribution in [0.15, 0.2) is 11.4 Å². The predicted molar refractivity (Wildman–Crippen MR) is 77.6 cm³/mol. The summed E-state index contributed by atoms with van der Waals surface area (Å²) < 4.78 is 5.31. The lowest BCUT2D eigenvalue weighted by Gasteiger charge is -2.21. The van der Waals surface area contributed by atoms with Crippen molar-refractivity contribution >= 4 is 34.2 Å². The number of carboxylic acids is 1. The minimum Gasteiger partial charge on any atom is -0.481 e. The molecule has 1 N–H and O–H groups in total. The number of hydrogen-bond acceptors (Lipinski definition) is 5. The number of rotatable bonds is 3. The number of carbonyl (C=O) groups is 3. The van der Waals surface area contributed by atoms with Crippen molar-refractivity contribution in [1.82, 2.24) is 0 Å². The predicted octanol–water partition coefficient (Wildman–Crippen LogP) is 2.14. The summed E-state index contributed by atoms with van der Waals surface area (Å²) in [6, 6.07) is 1.59. The first-order valence-electron chi connectivity index (χ1n) is 6.53. The van der Waals surface area contributed by atoms with Crippen molar-refractivity contribution < 1.29 is 24.2 Å². The zero-order valence-corrected chi connectivity index (χ0v) is 12.9. The van der Waals surface area contributed by atoms with Gasteiger partial charge in [0.05, 0.1) is 11.5 Å². The Morgan fingerprint density at radius 1 is 1.43 bits per heavy atom. The molecule has 0 bridgehead atoms. The Labute approximate surface area is 126 Å². The van der Waals surface area contributed by atoms with E-state index >= 15 is 0 Å². The van der Waals surface area contributed by atoms with Gasteiger partial charge in [0.2, 0.25) is 5.91 Å². The summed E-state index contributed by atoms with van der Waals surface area (Å²) in [5.41, 5.74) is -0.330. The summed E-state index contributed by atoms with van der Waals surface area (Å²) in [4.78, 5) is 36.5. The van der Waals surface area contributed by atoms with Crippen LogP contribution in [0.2, 0.25) is 0 Å². The van der Waals surface area contributed by atoms with Crippen LogP contribution >= 0.6 is 11.3 Å². The smallest absolute Gasteiger partial charge is 0.341 e. The van der Waals surface area contributed by atoms with Crippen LogP contribution in [0.5, 0.6) is 0 Å². The van der Waals surface area contributed by atoms with E-state index in [1.807, 2.05) is 0 Å². The van der Waals surface area contributed by atoms with Crippen molar-refractivity contribution in [2.45, 2.75) is 32.8 Å². The SMILES string of the molecule is CC(C)(C)OC(=O)c1ccsc1N1CC(C(=O)O)CC1=O. The molecule has 1 aliphatic rings. The highest BCUT2D eigenvalue weighted by Crippen LogP contribution is 2.34. The van der Waals surface area contributed by atoms with Gasteiger partial charge in [0.25, 0.3) is 0 Å². The van der Waals surface area contributed by atoms with Crippen molar-refractivity contribution in [3.8, 4) is 0 Å². The fraction of sp³-hybridized carbons (Fsp3) is 0.500. The molecule has 2 rings (SSSR count). The summed E-state index contributed by atoms with van der Waals surface area (Å²) >= 11 is 1.23. The molecule has 21 heavy (non-hydrogen) atoms. The minimum absolute atomic E-state index is 0.0407. The fourth-order valence-corrected chi connectivity index (χ4v) is 2.98. The molecule has 0 aromatic carbocycles. The molecule has 6 nitrogen and oxygen atoms in total. The van der Waals surface area contributed by atoms with Crippen molar-refractivity contribution in [2.24, 2.45) is 5.92 Å². The van der Waals surface area contributed by atoms with Gasteiger partial charge in [-0.3, -0.25) is 9.59 Å². The van der Waals surface area contributed by atoms with E-state index in [1.54, 1.807) is 32.2 Å². The number of thiophene rings is 1. The Morgan fingerprint density at radius 3 is 2.62 bits per heavy atom. The van der Waals surface area contributed by atoms with Crippen LogP contribution in [-0.2, 0) is 14.3 Å². The molecule has 0 spiro atoms. The summed E-state index contributed by atoms with van der Waals surface area (Å²) in [6.07, 6.45) is -0.0407. The van der Waals surface area contributed by atoms with Gasteiger partial charge in [0.1, 0.15) is 10.6 Å². The molecule has 1 fully saturated rings. The molecule has 1 aliphatic heterocycles. The molecule has 1 amide bonds. The van der Waals surface area contributed by atoms with Gasteiger partial charge in [0.15, 0.2) is 0 Å². The Morgan fingerprint density at radius 2 is 2.10 bits per heavy atom. The van der Waals surface area contributed by atoms with Crippen molar-refractivity contribution in [2.75, 3.05) is 11.4 Å². The van der Waals surface area contributed by atoms with Crippen LogP contribution in [0, 0.1) is 5.92 Å². The van der Waals surface area contributed by atoms with E-state index in [0.29, 0.717) is 10.6 Å². The minimum atomic E-state index is -0.999. The molecular formula is C14H17NO5S. The highest BCUT2D eigenvalue weighted by molar-refractivity contribution is 7.14. The molecule has 1 aromatic rings. The van der Waals surface area contributed by atoms with Crippen LogP contribution in [-0.4, -0.2) is 35.1 Å². The molecule has 2 heterocycles. The topological polar surface area (TPSA) is 83.9 Å². The number of carbonyl (C=O) groups excluding carboxylic acids is 2. The number of hydrogen-bond donors (Lipinski definition) is 1. The number of carboxylic acid groups (broad SMARTS) is 1. The Bertz CT molecular complexity index is 586. The highest BCUT2D eigenvalue weighted by Gasteiger charge is 2.37. The second-order valence-corrected chi connectivity index (χ2v) is 6.78. The first kappa shape index (κ1) is 15.5. The Balaban J connectivity index is 2.23. The first-order valence-corrected chi connectivity index (χ1v) is 7.41. The molecular weight excluding hydrogens is 294 g/mol. The monoisotopic (exact) mass is 311 g/mol. The first-order chi connectivity index (χ1) is 9.69. The maximum Gasteiger partial charge on any atom is 0.341 e. The lowest BCUT2D eigenvalue weighted by molar-refractivity contribution is -0.141. The van der Waals surface area contributed by atoms with Gasteiger partial charge in [-0.25, -0.2) is 4.79 Å². The number of anilines is 1. The van der Waals surface area contributed by atoms with E-state index in [1.165, 1.54) is 16.2 Å². The van der Waals surface area contributed by atoms with Crippen LogP contribution in [0.1, 0.15) is 37.6 Å². The van der Waals surface area contributed by atoms with Gasteiger partial charge >= 0.3 is 11.9 Å². The second kappa shape index (κ2) is 5.48. The molecule has 7 heteroatoms. The number of amides is 1. The van der Waals surface area contributed by atoms with Crippen molar-refractivity contribution in [1.29, 1.82) is 0 Å². The van der Waals surface area contributed by atoms with Gasteiger partial charge in [0, 0.05) is 13.0 Å².